The van der Waals surface area contributed by atoms with Crippen LogP contribution in [0.3, 0.4) is 0 Å². The third-order valence-electron chi connectivity index (χ3n) is 3.89. The fraction of sp³-hybridized carbons (Fsp3) is 0.857. The molecule has 0 radical (unpaired) electrons. The molecule has 0 aromatic rings. The zero-order valence-electron chi connectivity index (χ0n) is 11.2. The van der Waals surface area contributed by atoms with Crippen molar-refractivity contribution in [1.82, 2.24) is 4.90 Å². The highest BCUT2D eigenvalue weighted by Crippen LogP contribution is 2.33. The summed E-state index contributed by atoms with van der Waals surface area (Å²) in [7, 11) is 0. The molecule has 0 aliphatic heterocycles. The molecule has 0 unspecified atom stereocenters. The first-order chi connectivity index (χ1) is 7.26. The number of rotatable bonds is 6. The van der Waals surface area contributed by atoms with Gasteiger partial charge < -0.3 is 5.73 Å². The Labute approximate surface area is 101 Å². The number of terminal acetylenes is 1. The molecule has 0 aromatic heterocycles. The van der Waals surface area contributed by atoms with Gasteiger partial charge in [-0.2, -0.15) is 0 Å². The van der Waals surface area contributed by atoms with Crippen LogP contribution in [-0.4, -0.2) is 30.1 Å². The maximum Gasteiger partial charge on any atom is 0.0599 e. The second kappa shape index (κ2) is 4.77. The molecule has 2 N–H and O–H groups in total. The van der Waals surface area contributed by atoms with Crippen LogP contribution in [0.15, 0.2) is 0 Å². The summed E-state index contributed by atoms with van der Waals surface area (Å²) in [4.78, 5) is 2.38. The highest BCUT2D eigenvalue weighted by Gasteiger charge is 2.36. The van der Waals surface area contributed by atoms with E-state index in [0.29, 0.717) is 0 Å². The fourth-order valence-electron chi connectivity index (χ4n) is 1.74. The molecule has 16 heavy (non-hydrogen) atoms. The second-order valence-corrected chi connectivity index (χ2v) is 6.42. The maximum absolute atomic E-state index is 6.23. The van der Waals surface area contributed by atoms with Crippen molar-refractivity contribution in [3.63, 3.8) is 0 Å². The molecule has 1 fully saturated rings. The van der Waals surface area contributed by atoms with Crippen LogP contribution in [0.25, 0.3) is 0 Å². The summed E-state index contributed by atoms with van der Waals surface area (Å²) in [6.07, 6.45) is 8.17. The molecule has 2 nitrogen and oxygen atoms in total. The summed E-state index contributed by atoms with van der Waals surface area (Å²) in [5, 5.41) is 0. The minimum atomic E-state index is -0.177. The van der Waals surface area contributed by atoms with Gasteiger partial charge in [0.25, 0.3) is 0 Å². The lowest BCUT2D eigenvalue weighted by Crippen LogP contribution is -2.53. The van der Waals surface area contributed by atoms with Crippen LogP contribution in [0.2, 0.25) is 0 Å². The Hall–Kier alpha value is -0.520. The zero-order valence-corrected chi connectivity index (χ0v) is 11.2. The van der Waals surface area contributed by atoms with Crippen molar-refractivity contribution < 1.29 is 0 Å². The van der Waals surface area contributed by atoms with Gasteiger partial charge in [-0.1, -0.05) is 19.8 Å². The van der Waals surface area contributed by atoms with E-state index in [-0.39, 0.29) is 11.0 Å². The molecule has 92 valence electrons. The van der Waals surface area contributed by atoms with Crippen molar-refractivity contribution in [3.05, 3.63) is 0 Å². The first-order valence-electron chi connectivity index (χ1n) is 6.21. The van der Waals surface area contributed by atoms with Crippen LogP contribution >= 0.6 is 0 Å². The first-order valence-corrected chi connectivity index (χ1v) is 6.21. The Morgan fingerprint density at radius 1 is 1.31 bits per heavy atom. The number of hydrogen-bond acceptors (Lipinski definition) is 2. The Balaban J connectivity index is 2.55. The van der Waals surface area contributed by atoms with E-state index in [2.05, 4.69) is 38.5 Å². The minimum absolute atomic E-state index is 0.0821. The van der Waals surface area contributed by atoms with E-state index in [1.807, 2.05) is 0 Å². The van der Waals surface area contributed by atoms with E-state index in [1.54, 1.807) is 0 Å². The largest absolute Gasteiger partial charge is 0.325 e. The molecule has 0 bridgehead atoms. The van der Waals surface area contributed by atoms with E-state index >= 15 is 0 Å². The van der Waals surface area contributed by atoms with Gasteiger partial charge in [-0.05, 0) is 38.0 Å². The van der Waals surface area contributed by atoms with Gasteiger partial charge in [-0.25, -0.2) is 0 Å². The number of nitrogens with zero attached hydrogens (tertiary/aromatic N) is 1. The van der Waals surface area contributed by atoms with E-state index in [0.717, 1.165) is 25.6 Å². The van der Waals surface area contributed by atoms with Crippen LogP contribution in [-0.2, 0) is 0 Å². The predicted octanol–water partition coefficient (Wildman–Crippen LogP) is 2.10. The summed E-state index contributed by atoms with van der Waals surface area (Å²) in [6, 6.07) is 0. The van der Waals surface area contributed by atoms with Crippen molar-refractivity contribution in [1.29, 1.82) is 0 Å². The van der Waals surface area contributed by atoms with Crippen molar-refractivity contribution in [2.75, 3.05) is 19.6 Å². The van der Waals surface area contributed by atoms with Gasteiger partial charge in [0.05, 0.1) is 6.54 Å². The molecule has 1 saturated carbocycles. The lowest BCUT2D eigenvalue weighted by Gasteiger charge is -2.42. The number of nitrogens with two attached hydrogens (primary N) is 1. The molecule has 1 aliphatic rings. The molecule has 1 aliphatic carbocycles. The van der Waals surface area contributed by atoms with E-state index in [1.165, 1.54) is 12.8 Å². The van der Waals surface area contributed by atoms with Crippen LogP contribution < -0.4 is 5.73 Å². The van der Waals surface area contributed by atoms with Gasteiger partial charge in [-0.3, -0.25) is 4.90 Å². The van der Waals surface area contributed by atoms with Gasteiger partial charge in [0.15, 0.2) is 0 Å². The molecule has 0 atom stereocenters. The average molecular weight is 222 g/mol. The normalized spacial score (nSPS) is 17.6. The lowest BCUT2D eigenvalue weighted by molar-refractivity contribution is 0.119. The molecule has 0 heterocycles. The van der Waals surface area contributed by atoms with E-state index in [9.17, 15) is 0 Å². The summed E-state index contributed by atoms with van der Waals surface area (Å²) in [6.45, 7) is 11.5. The molecule has 0 spiro atoms. The van der Waals surface area contributed by atoms with E-state index in [4.69, 9.17) is 12.2 Å². The average Bonchev–Trinajstić information content (AvgIpc) is 2.85. The van der Waals surface area contributed by atoms with Crippen molar-refractivity contribution in [2.24, 2.45) is 17.1 Å². The third kappa shape index (κ3) is 3.81. The summed E-state index contributed by atoms with van der Waals surface area (Å²) >= 11 is 0. The predicted molar refractivity (Wildman–Crippen MR) is 70.0 cm³/mol. The highest BCUT2D eigenvalue weighted by atomic mass is 15.1. The number of hydrogen-bond donors (Lipinski definition) is 1. The summed E-state index contributed by atoms with van der Waals surface area (Å²) in [5.74, 6) is 3.64. The molecule has 0 aromatic carbocycles. The van der Waals surface area contributed by atoms with Crippen LogP contribution in [0.4, 0.5) is 0 Å². The van der Waals surface area contributed by atoms with Gasteiger partial charge in [0.1, 0.15) is 0 Å². The smallest absolute Gasteiger partial charge is 0.0599 e. The van der Waals surface area contributed by atoms with Crippen LogP contribution in [0, 0.1) is 23.7 Å². The third-order valence-corrected chi connectivity index (χ3v) is 3.89. The molecular formula is C14H26N2. The van der Waals surface area contributed by atoms with Gasteiger partial charge in [-0.15, -0.1) is 6.42 Å². The van der Waals surface area contributed by atoms with Crippen molar-refractivity contribution in [3.8, 4) is 12.3 Å². The molecule has 1 rings (SSSR count). The molecular weight excluding hydrogens is 196 g/mol. The second-order valence-electron chi connectivity index (χ2n) is 6.42. The molecule has 0 amide bonds. The highest BCUT2D eigenvalue weighted by molar-refractivity contribution is 4.96. The SMILES string of the molecule is C#CCN(CC1CC1)CC(C)(C)C(C)(C)N. The Kier molecular flexibility index (Phi) is 4.04. The van der Waals surface area contributed by atoms with Gasteiger partial charge >= 0.3 is 0 Å². The summed E-state index contributed by atoms with van der Waals surface area (Å²) < 4.78 is 0. The van der Waals surface area contributed by atoms with Crippen LogP contribution in [0.1, 0.15) is 40.5 Å². The Morgan fingerprint density at radius 3 is 2.25 bits per heavy atom. The van der Waals surface area contributed by atoms with Gasteiger partial charge in [0.2, 0.25) is 0 Å². The fourth-order valence-corrected chi connectivity index (χ4v) is 1.74. The molecule has 0 saturated heterocycles. The summed E-state index contributed by atoms with van der Waals surface area (Å²) in [5.41, 5.74) is 6.13. The maximum atomic E-state index is 6.23. The minimum Gasteiger partial charge on any atom is -0.325 e. The monoisotopic (exact) mass is 222 g/mol. The zero-order chi connectivity index (χ0) is 12.4. The Morgan fingerprint density at radius 2 is 1.88 bits per heavy atom. The lowest BCUT2D eigenvalue weighted by atomic mass is 9.75. The quantitative estimate of drug-likeness (QED) is 0.697. The van der Waals surface area contributed by atoms with E-state index < -0.39 is 0 Å². The topological polar surface area (TPSA) is 29.3 Å². The standard InChI is InChI=1S/C14H26N2/c1-6-9-16(10-12-7-8-12)11-13(2,3)14(4,5)15/h1,12H,7-11,15H2,2-5H3. The van der Waals surface area contributed by atoms with Crippen molar-refractivity contribution in [2.45, 2.75) is 46.1 Å². The first kappa shape index (κ1) is 13.5. The van der Waals surface area contributed by atoms with Crippen LogP contribution in [0.5, 0.6) is 0 Å². The molecule has 2 heteroatoms. The Bertz CT molecular complexity index is 263. The van der Waals surface area contributed by atoms with Gasteiger partial charge in [0, 0.05) is 18.6 Å². The van der Waals surface area contributed by atoms with Crippen molar-refractivity contribution >= 4 is 0 Å².